The Labute approximate surface area is 114 Å². The van der Waals surface area contributed by atoms with Crippen molar-refractivity contribution in [3.8, 4) is 5.75 Å². The average Bonchev–Trinajstić information content (AvgIpc) is 2.38. The fraction of sp³-hybridized carbons (Fsp3) is 0.538. The van der Waals surface area contributed by atoms with Crippen molar-refractivity contribution in [2.75, 3.05) is 40.5 Å². The summed E-state index contributed by atoms with van der Waals surface area (Å²) in [6.07, 6.45) is 0. The van der Waals surface area contributed by atoms with Crippen LogP contribution in [-0.4, -0.2) is 40.5 Å². The van der Waals surface area contributed by atoms with Crippen molar-refractivity contribution in [2.45, 2.75) is 6.54 Å². The van der Waals surface area contributed by atoms with Gasteiger partial charge in [0.1, 0.15) is 5.75 Å². The summed E-state index contributed by atoms with van der Waals surface area (Å²) < 4.78 is 10.2. The van der Waals surface area contributed by atoms with Gasteiger partial charge in [0.25, 0.3) is 0 Å². The minimum Gasteiger partial charge on any atom is -0.496 e. The zero-order valence-corrected chi connectivity index (χ0v) is 11.7. The van der Waals surface area contributed by atoms with Crippen molar-refractivity contribution in [3.63, 3.8) is 0 Å². The third-order valence-corrected chi connectivity index (χ3v) is 2.75. The monoisotopic (exact) mass is 272 g/mol. The molecular formula is C13H21ClN2O2. The molecule has 0 heterocycles. The third-order valence-electron chi connectivity index (χ3n) is 2.52. The summed E-state index contributed by atoms with van der Waals surface area (Å²) >= 11 is 5.96. The molecule has 0 bridgehead atoms. The number of halogens is 1. The molecule has 102 valence electrons. The van der Waals surface area contributed by atoms with Crippen LogP contribution in [0.25, 0.3) is 0 Å². The van der Waals surface area contributed by atoms with Crippen LogP contribution in [0.3, 0.4) is 0 Å². The Bertz CT molecular complexity index is 348. The maximum atomic E-state index is 5.96. The Kier molecular flexibility index (Phi) is 7.76. The van der Waals surface area contributed by atoms with E-state index in [4.69, 9.17) is 21.1 Å². The van der Waals surface area contributed by atoms with E-state index in [0.717, 1.165) is 49.1 Å². The van der Waals surface area contributed by atoms with Gasteiger partial charge >= 0.3 is 0 Å². The van der Waals surface area contributed by atoms with E-state index in [9.17, 15) is 0 Å². The van der Waals surface area contributed by atoms with E-state index in [-0.39, 0.29) is 0 Å². The SMILES string of the molecule is COCCNCCNCc1cc(Cl)ccc1OC. The summed E-state index contributed by atoms with van der Waals surface area (Å²) in [5.74, 6) is 0.860. The molecule has 0 aliphatic carbocycles. The summed E-state index contributed by atoms with van der Waals surface area (Å²) in [4.78, 5) is 0. The summed E-state index contributed by atoms with van der Waals surface area (Å²) in [6.45, 7) is 4.15. The molecule has 1 aromatic carbocycles. The van der Waals surface area contributed by atoms with Gasteiger partial charge in [-0.2, -0.15) is 0 Å². The minimum atomic E-state index is 0.728. The number of rotatable bonds is 9. The standard InChI is InChI=1S/C13H21ClN2O2/c1-17-8-7-15-5-6-16-10-11-9-12(14)3-4-13(11)18-2/h3-4,9,15-16H,5-8,10H2,1-2H3. The topological polar surface area (TPSA) is 42.5 Å². The van der Waals surface area contributed by atoms with Crippen LogP contribution in [0.5, 0.6) is 5.75 Å². The first-order valence-electron chi connectivity index (χ1n) is 6.00. The zero-order valence-electron chi connectivity index (χ0n) is 11.0. The lowest BCUT2D eigenvalue weighted by Crippen LogP contribution is -2.29. The largest absolute Gasteiger partial charge is 0.496 e. The molecule has 0 saturated heterocycles. The second kappa shape index (κ2) is 9.16. The average molecular weight is 273 g/mol. The number of hydrogen-bond acceptors (Lipinski definition) is 4. The van der Waals surface area contributed by atoms with Gasteiger partial charge in [0.15, 0.2) is 0 Å². The summed E-state index contributed by atoms with van der Waals surface area (Å²) in [7, 11) is 3.37. The molecule has 2 N–H and O–H groups in total. The molecule has 0 amide bonds. The highest BCUT2D eigenvalue weighted by Gasteiger charge is 2.02. The van der Waals surface area contributed by atoms with E-state index in [0.29, 0.717) is 0 Å². The normalized spacial score (nSPS) is 10.6. The molecule has 0 aliphatic rings. The molecule has 1 rings (SSSR count). The number of benzene rings is 1. The first kappa shape index (κ1) is 15.2. The minimum absolute atomic E-state index is 0.728. The van der Waals surface area contributed by atoms with Crippen LogP contribution in [0.1, 0.15) is 5.56 Å². The molecule has 0 aromatic heterocycles. The fourth-order valence-electron chi connectivity index (χ4n) is 1.58. The van der Waals surface area contributed by atoms with Crippen molar-refractivity contribution in [3.05, 3.63) is 28.8 Å². The molecular weight excluding hydrogens is 252 g/mol. The Morgan fingerprint density at radius 1 is 1.11 bits per heavy atom. The van der Waals surface area contributed by atoms with E-state index in [2.05, 4.69) is 10.6 Å². The quantitative estimate of drug-likeness (QED) is 0.671. The third kappa shape index (κ3) is 5.69. The van der Waals surface area contributed by atoms with Crippen LogP contribution >= 0.6 is 11.6 Å². The smallest absolute Gasteiger partial charge is 0.123 e. The van der Waals surface area contributed by atoms with Crippen LogP contribution in [0, 0.1) is 0 Å². The van der Waals surface area contributed by atoms with E-state index in [1.54, 1.807) is 14.2 Å². The maximum absolute atomic E-state index is 5.96. The molecule has 0 unspecified atom stereocenters. The fourth-order valence-corrected chi connectivity index (χ4v) is 1.78. The summed E-state index contributed by atoms with van der Waals surface area (Å²) in [6, 6.07) is 5.64. The van der Waals surface area contributed by atoms with Gasteiger partial charge in [0.05, 0.1) is 13.7 Å². The lowest BCUT2D eigenvalue weighted by atomic mass is 10.2. The predicted octanol–water partition coefficient (Wildman–Crippen LogP) is 1.67. The number of methoxy groups -OCH3 is 2. The number of hydrogen-bond donors (Lipinski definition) is 2. The van der Waals surface area contributed by atoms with Gasteiger partial charge in [-0.15, -0.1) is 0 Å². The van der Waals surface area contributed by atoms with Crippen molar-refractivity contribution >= 4 is 11.6 Å². The Balaban J connectivity index is 2.24. The van der Waals surface area contributed by atoms with Crippen molar-refractivity contribution < 1.29 is 9.47 Å². The number of ether oxygens (including phenoxy) is 2. The highest BCUT2D eigenvalue weighted by Crippen LogP contribution is 2.22. The predicted molar refractivity (Wildman–Crippen MR) is 74.5 cm³/mol. The molecule has 0 fully saturated rings. The maximum Gasteiger partial charge on any atom is 0.123 e. The first-order chi connectivity index (χ1) is 8.77. The Hall–Kier alpha value is -0.810. The highest BCUT2D eigenvalue weighted by molar-refractivity contribution is 6.30. The molecule has 0 aliphatic heterocycles. The van der Waals surface area contributed by atoms with Crippen molar-refractivity contribution in [1.29, 1.82) is 0 Å². The van der Waals surface area contributed by atoms with Crippen LogP contribution in [0.15, 0.2) is 18.2 Å². The zero-order chi connectivity index (χ0) is 13.2. The molecule has 5 heteroatoms. The van der Waals surface area contributed by atoms with E-state index in [1.165, 1.54) is 0 Å². The van der Waals surface area contributed by atoms with Crippen LogP contribution in [0.4, 0.5) is 0 Å². The lowest BCUT2D eigenvalue weighted by molar-refractivity contribution is 0.199. The van der Waals surface area contributed by atoms with Crippen molar-refractivity contribution in [1.82, 2.24) is 10.6 Å². The summed E-state index contributed by atoms with van der Waals surface area (Å²) in [5.41, 5.74) is 1.07. The molecule has 0 radical (unpaired) electrons. The second-order valence-corrected chi connectivity index (χ2v) is 4.31. The van der Waals surface area contributed by atoms with Crippen molar-refractivity contribution in [2.24, 2.45) is 0 Å². The molecule has 1 aromatic rings. The lowest BCUT2D eigenvalue weighted by Gasteiger charge is -2.10. The van der Waals surface area contributed by atoms with Crippen LogP contribution in [0.2, 0.25) is 5.02 Å². The summed E-state index contributed by atoms with van der Waals surface area (Å²) in [5, 5.41) is 7.33. The van der Waals surface area contributed by atoms with Gasteiger partial charge in [-0.3, -0.25) is 0 Å². The van der Waals surface area contributed by atoms with E-state index >= 15 is 0 Å². The highest BCUT2D eigenvalue weighted by atomic mass is 35.5. The van der Waals surface area contributed by atoms with Gasteiger partial charge in [0, 0.05) is 43.9 Å². The molecule has 0 atom stereocenters. The van der Waals surface area contributed by atoms with Gasteiger partial charge in [-0.05, 0) is 18.2 Å². The van der Waals surface area contributed by atoms with Gasteiger partial charge in [-0.25, -0.2) is 0 Å². The molecule has 0 spiro atoms. The van der Waals surface area contributed by atoms with E-state index < -0.39 is 0 Å². The Morgan fingerprint density at radius 3 is 2.61 bits per heavy atom. The molecule has 4 nitrogen and oxygen atoms in total. The van der Waals surface area contributed by atoms with E-state index in [1.807, 2.05) is 18.2 Å². The first-order valence-corrected chi connectivity index (χ1v) is 6.38. The van der Waals surface area contributed by atoms with Gasteiger partial charge in [0.2, 0.25) is 0 Å². The van der Waals surface area contributed by atoms with Gasteiger partial charge in [-0.1, -0.05) is 11.6 Å². The molecule has 18 heavy (non-hydrogen) atoms. The van der Waals surface area contributed by atoms with Gasteiger partial charge < -0.3 is 20.1 Å². The second-order valence-electron chi connectivity index (χ2n) is 3.88. The number of nitrogens with one attached hydrogen (secondary N) is 2. The molecule has 0 saturated carbocycles. The Morgan fingerprint density at radius 2 is 1.89 bits per heavy atom. The van der Waals surface area contributed by atoms with Crippen LogP contribution in [-0.2, 0) is 11.3 Å². The van der Waals surface area contributed by atoms with Crippen LogP contribution < -0.4 is 15.4 Å².